The first-order valence-corrected chi connectivity index (χ1v) is 33.1. The fourth-order valence-corrected chi connectivity index (χ4v) is 9.10. The lowest BCUT2D eigenvalue weighted by Gasteiger charge is -2.27. The van der Waals surface area contributed by atoms with E-state index in [0.29, 0.717) is 23.9 Å². The van der Waals surface area contributed by atoms with Gasteiger partial charge in [-0.1, -0.05) is 264 Å². The summed E-state index contributed by atoms with van der Waals surface area (Å²) in [4.78, 5) is 37.7. The van der Waals surface area contributed by atoms with Crippen molar-refractivity contribution >= 4 is 19.7 Å². The minimum Gasteiger partial charge on any atom is -0.456 e. The Morgan fingerprint density at radius 1 is 0.468 bits per heavy atom. The number of hydrogen-bond acceptors (Lipinski definition) is 6. The predicted octanol–water partition coefficient (Wildman–Crippen LogP) is 19.7. The molecule has 0 aliphatic carbocycles. The van der Waals surface area contributed by atoms with E-state index in [1.54, 1.807) is 0 Å². The second-order valence-corrected chi connectivity index (χ2v) is 23.5. The molecular formula is C69H118N2O7P+. The minimum absolute atomic E-state index is 0.0213. The Balaban J connectivity index is 5.36. The Bertz CT molecular complexity index is 1810. The number of phosphoric acid groups is 1. The first-order chi connectivity index (χ1) is 38.4. The number of carbonyl (C=O) groups is 2. The van der Waals surface area contributed by atoms with Crippen molar-refractivity contribution in [1.82, 2.24) is 5.32 Å². The highest BCUT2D eigenvalue weighted by Gasteiger charge is 2.30. The zero-order valence-electron chi connectivity index (χ0n) is 51.3. The van der Waals surface area contributed by atoms with Crippen molar-refractivity contribution in [2.45, 2.75) is 251 Å². The smallest absolute Gasteiger partial charge is 0.456 e. The molecule has 0 aromatic heterocycles. The molecule has 3 unspecified atom stereocenters. The Hall–Kier alpha value is -3.85. The van der Waals surface area contributed by atoms with Gasteiger partial charge >= 0.3 is 13.8 Å². The summed E-state index contributed by atoms with van der Waals surface area (Å²) in [5, 5.41) is 3.03. The monoisotopic (exact) mass is 1120 g/mol. The number of rotatable bonds is 55. The molecule has 0 saturated carbocycles. The lowest BCUT2D eigenvalue weighted by atomic mass is 10.0. The third-order valence-electron chi connectivity index (χ3n) is 13.2. The Morgan fingerprint density at radius 3 is 1.37 bits per heavy atom. The van der Waals surface area contributed by atoms with Gasteiger partial charge in [0.2, 0.25) is 5.91 Å². The standard InChI is InChI=1S/C69H117N2O7P/c1-7-10-13-16-19-22-25-28-30-32-33-34-35-36-37-39-41-44-47-50-53-56-59-62-69(73)78-67(60-57-54-51-48-45-42-27-24-21-18-15-12-9-3)66(65-77-79(74,75)76-64-63-71(4,5)6)70-68(72)61-58-55-52-49-46-43-40-38-31-29-26-23-20-17-14-11-8-2/h11,14,17,19-20,22-23,26,28-31,33-34,36-38,40,43,46,57,60,66-67H,7-10,12-13,15-16,18,21,24-25,27,32,35,39,41-42,44-45,47-56,58-59,61-65H2,1-6H3,(H-,70,72,74,75)/p+1/b14-11-,20-17+,22-19-,26-23+,30-28-,31-29-,34-33-,37-36-,40-38+,46-43+,60-57-. The third kappa shape index (κ3) is 58.6. The van der Waals surface area contributed by atoms with Crippen molar-refractivity contribution in [2.24, 2.45) is 0 Å². The molecule has 0 bridgehead atoms. The van der Waals surface area contributed by atoms with Crippen LogP contribution in [0.1, 0.15) is 239 Å². The zero-order valence-corrected chi connectivity index (χ0v) is 52.2. The van der Waals surface area contributed by atoms with Gasteiger partial charge in [0.15, 0.2) is 0 Å². The second kappa shape index (κ2) is 57.4. The van der Waals surface area contributed by atoms with Gasteiger partial charge in [-0.05, 0) is 96.0 Å². The van der Waals surface area contributed by atoms with Gasteiger partial charge in [0, 0.05) is 12.8 Å². The molecule has 0 fully saturated rings. The fourth-order valence-electron chi connectivity index (χ4n) is 8.37. The van der Waals surface area contributed by atoms with E-state index >= 15 is 0 Å². The van der Waals surface area contributed by atoms with E-state index in [1.165, 1.54) is 103 Å². The van der Waals surface area contributed by atoms with Crippen LogP contribution in [0, 0.1) is 0 Å². The summed E-state index contributed by atoms with van der Waals surface area (Å²) in [7, 11) is 1.44. The summed E-state index contributed by atoms with van der Waals surface area (Å²) >= 11 is 0. The summed E-state index contributed by atoms with van der Waals surface area (Å²) in [6, 6.07) is -0.887. The first-order valence-electron chi connectivity index (χ1n) is 31.6. The van der Waals surface area contributed by atoms with Crippen molar-refractivity contribution in [2.75, 3.05) is 40.9 Å². The Kier molecular flexibility index (Phi) is 54.6. The number of nitrogens with zero attached hydrogens (tertiary/aromatic N) is 1. The molecule has 450 valence electrons. The fraction of sp³-hybridized carbons (Fsp3) is 0.652. The van der Waals surface area contributed by atoms with Crippen LogP contribution in [-0.4, -0.2) is 74.3 Å². The number of esters is 1. The van der Waals surface area contributed by atoms with Crippen molar-refractivity contribution < 1.29 is 37.3 Å². The SMILES string of the molecule is CC\C=C/C=C/C=C/C=C\C=C\C=C\CCCCCC(=O)NC(COP(=O)(O)OCC[N+](C)(C)C)C(/C=C\CCCCCCCCCCCCC)OC(=O)CCCCCCCCC/C=C\C/C=C\C/C=C\C/C=C\CCCCC. The summed E-state index contributed by atoms with van der Waals surface area (Å²) in [5.41, 5.74) is 0. The van der Waals surface area contributed by atoms with Gasteiger partial charge in [0.05, 0.1) is 33.8 Å². The van der Waals surface area contributed by atoms with Crippen molar-refractivity contribution in [3.8, 4) is 0 Å². The molecule has 0 aromatic carbocycles. The largest absolute Gasteiger partial charge is 0.472 e. The van der Waals surface area contributed by atoms with E-state index in [1.807, 2.05) is 94.1 Å². The quantitative estimate of drug-likeness (QED) is 0.0156. The second-order valence-electron chi connectivity index (χ2n) is 22.0. The summed E-state index contributed by atoms with van der Waals surface area (Å²) in [6.45, 7) is 6.78. The molecule has 10 heteroatoms. The van der Waals surface area contributed by atoms with Crippen LogP contribution in [0.5, 0.6) is 0 Å². The average Bonchev–Trinajstić information content (AvgIpc) is 3.41. The molecule has 0 aliphatic heterocycles. The number of nitrogens with one attached hydrogen (secondary N) is 1. The molecule has 3 atom stereocenters. The number of likely N-dealkylation sites (N-methyl/N-ethyl adjacent to an activating group) is 1. The number of allylic oxidation sites excluding steroid dienone is 21. The van der Waals surface area contributed by atoms with E-state index < -0.39 is 20.0 Å². The highest BCUT2D eigenvalue weighted by molar-refractivity contribution is 7.47. The molecule has 0 spiro atoms. The van der Waals surface area contributed by atoms with E-state index in [-0.39, 0.29) is 37.9 Å². The van der Waals surface area contributed by atoms with Gasteiger partial charge in [0.25, 0.3) is 0 Å². The molecule has 0 saturated heterocycles. The number of quaternary nitrogens is 1. The van der Waals surface area contributed by atoms with Crippen molar-refractivity contribution in [1.29, 1.82) is 0 Å². The highest BCUT2D eigenvalue weighted by atomic mass is 31.2. The van der Waals surface area contributed by atoms with Gasteiger partial charge in [-0.15, -0.1) is 0 Å². The molecule has 79 heavy (non-hydrogen) atoms. The number of ether oxygens (including phenoxy) is 1. The van der Waals surface area contributed by atoms with Crippen LogP contribution in [0.2, 0.25) is 0 Å². The summed E-state index contributed by atoms with van der Waals surface area (Å²) in [5.74, 6) is -0.577. The number of unbranched alkanes of at least 4 members (excludes halogenated alkanes) is 24. The first kappa shape index (κ1) is 75.2. The van der Waals surface area contributed by atoms with Crippen LogP contribution in [-0.2, 0) is 27.9 Å². The van der Waals surface area contributed by atoms with Gasteiger partial charge in [-0.3, -0.25) is 18.6 Å². The zero-order chi connectivity index (χ0) is 57.9. The number of amides is 1. The predicted molar refractivity (Wildman–Crippen MR) is 341 cm³/mol. The van der Waals surface area contributed by atoms with Crippen molar-refractivity contribution in [3.05, 3.63) is 134 Å². The van der Waals surface area contributed by atoms with Crippen molar-refractivity contribution in [3.63, 3.8) is 0 Å². The van der Waals surface area contributed by atoms with Gasteiger partial charge < -0.3 is 19.4 Å². The van der Waals surface area contributed by atoms with Crippen LogP contribution in [0.15, 0.2) is 134 Å². The molecule has 9 nitrogen and oxygen atoms in total. The number of carbonyl (C=O) groups excluding carboxylic acids is 2. The third-order valence-corrected chi connectivity index (χ3v) is 14.2. The molecule has 0 aliphatic rings. The molecule has 0 heterocycles. The van der Waals surface area contributed by atoms with Crippen LogP contribution >= 0.6 is 7.82 Å². The van der Waals surface area contributed by atoms with Crippen LogP contribution in [0.3, 0.4) is 0 Å². The summed E-state index contributed by atoms with van der Waals surface area (Å²) < 4.78 is 30.7. The van der Waals surface area contributed by atoms with E-state index in [0.717, 1.165) is 89.9 Å². The minimum atomic E-state index is -4.48. The van der Waals surface area contributed by atoms with E-state index in [2.05, 4.69) is 86.8 Å². The maximum Gasteiger partial charge on any atom is 0.472 e. The number of phosphoric ester groups is 1. The van der Waals surface area contributed by atoms with Crippen LogP contribution in [0.4, 0.5) is 0 Å². The average molecular weight is 1120 g/mol. The topological polar surface area (TPSA) is 111 Å². The van der Waals surface area contributed by atoms with Gasteiger partial charge in [-0.25, -0.2) is 4.57 Å². The maximum atomic E-state index is 13.5. The lowest BCUT2D eigenvalue weighted by Crippen LogP contribution is -2.47. The van der Waals surface area contributed by atoms with Gasteiger partial charge in [0.1, 0.15) is 19.3 Å². The highest BCUT2D eigenvalue weighted by Crippen LogP contribution is 2.43. The van der Waals surface area contributed by atoms with Gasteiger partial charge in [-0.2, -0.15) is 0 Å². The molecular weight excluding hydrogens is 1000 g/mol. The van der Waals surface area contributed by atoms with Crippen LogP contribution < -0.4 is 5.32 Å². The van der Waals surface area contributed by atoms with E-state index in [4.69, 9.17) is 13.8 Å². The Labute approximate surface area is 485 Å². The lowest BCUT2D eigenvalue weighted by molar-refractivity contribution is -0.870. The van der Waals surface area contributed by atoms with E-state index in [9.17, 15) is 19.0 Å². The molecule has 0 rings (SSSR count). The van der Waals surface area contributed by atoms with Crippen LogP contribution in [0.25, 0.3) is 0 Å². The molecule has 0 aromatic rings. The molecule has 1 amide bonds. The maximum absolute atomic E-state index is 13.5. The summed E-state index contributed by atoms with van der Waals surface area (Å²) in [6.07, 6.45) is 81.6. The normalized spacial score (nSPS) is 14.6. The molecule has 2 N–H and O–H groups in total. The Morgan fingerprint density at radius 2 is 0.861 bits per heavy atom. The molecule has 0 radical (unpaired) electrons. The number of hydrogen-bond donors (Lipinski definition) is 2.